The summed E-state index contributed by atoms with van der Waals surface area (Å²) in [6, 6.07) is 0.350. The summed E-state index contributed by atoms with van der Waals surface area (Å²) in [5.74, 6) is 1.56. The lowest BCUT2D eigenvalue weighted by Crippen LogP contribution is -2.50. The second-order valence-electron chi connectivity index (χ2n) is 5.34. The number of amides is 1. The van der Waals surface area contributed by atoms with Crippen LogP contribution in [0.5, 0.6) is 0 Å². The Labute approximate surface area is 123 Å². The van der Waals surface area contributed by atoms with Crippen molar-refractivity contribution in [1.29, 1.82) is 0 Å². The number of nitrogens with zero attached hydrogens (tertiary/aromatic N) is 1. The van der Waals surface area contributed by atoms with Gasteiger partial charge in [-0.2, -0.15) is 0 Å². The van der Waals surface area contributed by atoms with Crippen molar-refractivity contribution in [2.24, 2.45) is 5.92 Å². The van der Waals surface area contributed by atoms with Crippen LogP contribution in [0.15, 0.2) is 0 Å². The smallest absolute Gasteiger partial charge is 0.223 e. The van der Waals surface area contributed by atoms with Crippen molar-refractivity contribution in [2.45, 2.75) is 37.8 Å². The zero-order valence-electron chi connectivity index (χ0n) is 11.8. The van der Waals surface area contributed by atoms with Crippen LogP contribution in [0.4, 0.5) is 0 Å². The van der Waals surface area contributed by atoms with E-state index in [1.165, 1.54) is 0 Å². The molecule has 19 heavy (non-hydrogen) atoms. The zero-order chi connectivity index (χ0) is 13.7. The minimum atomic E-state index is 0.220. The summed E-state index contributed by atoms with van der Waals surface area (Å²) in [6.07, 6.45) is 6.42. The Balaban J connectivity index is 1.62. The first-order valence-corrected chi connectivity index (χ1v) is 9.66. The van der Waals surface area contributed by atoms with Crippen LogP contribution in [-0.2, 0) is 9.53 Å². The van der Waals surface area contributed by atoms with Crippen molar-refractivity contribution < 1.29 is 9.53 Å². The standard InChI is InChI=1S/C13H24N2O2S2/c1-17-12-7-11(8-12)14-13(16)10-3-5-15(6-4-10)9-19-18-2/h10-12H,3-9H2,1-2H3,(H,14,16). The first-order valence-electron chi connectivity index (χ1n) is 6.94. The van der Waals surface area contributed by atoms with Crippen molar-refractivity contribution in [3.8, 4) is 0 Å². The third-order valence-corrected chi connectivity index (χ3v) is 5.82. The highest BCUT2D eigenvalue weighted by atomic mass is 33.1. The maximum absolute atomic E-state index is 12.1. The van der Waals surface area contributed by atoms with Gasteiger partial charge in [-0.25, -0.2) is 0 Å². The second kappa shape index (κ2) is 7.76. The Morgan fingerprint density at radius 1 is 1.37 bits per heavy atom. The fourth-order valence-corrected chi connectivity index (χ4v) is 3.92. The van der Waals surface area contributed by atoms with Crippen molar-refractivity contribution in [3.63, 3.8) is 0 Å². The summed E-state index contributed by atoms with van der Waals surface area (Å²) in [6.45, 7) is 2.11. The molecule has 0 unspecified atom stereocenters. The molecule has 1 aliphatic carbocycles. The number of rotatable bonds is 6. The molecular weight excluding hydrogens is 280 g/mol. The summed E-state index contributed by atoms with van der Waals surface area (Å²) in [7, 11) is 5.43. The molecule has 0 aromatic heterocycles. The molecule has 110 valence electrons. The predicted octanol–water partition coefficient (Wildman–Crippen LogP) is 1.96. The van der Waals surface area contributed by atoms with Gasteiger partial charge in [0.25, 0.3) is 0 Å². The molecule has 1 amide bonds. The Hall–Kier alpha value is 0.0900. The van der Waals surface area contributed by atoms with Crippen LogP contribution in [0.3, 0.4) is 0 Å². The Bertz CT molecular complexity index is 290. The number of hydrogen-bond donors (Lipinski definition) is 1. The van der Waals surface area contributed by atoms with E-state index in [1.807, 2.05) is 21.6 Å². The lowest BCUT2D eigenvalue weighted by atomic mass is 9.88. The molecule has 1 aliphatic heterocycles. The van der Waals surface area contributed by atoms with Crippen molar-refractivity contribution in [3.05, 3.63) is 0 Å². The van der Waals surface area contributed by atoms with Crippen LogP contribution in [0.2, 0.25) is 0 Å². The summed E-state index contributed by atoms with van der Waals surface area (Å²) in [5, 5.41) is 3.16. The SMILES string of the molecule is COC1CC(NC(=O)C2CCN(CSSC)CC2)C1. The number of carbonyl (C=O) groups excluding carboxylic acids is 1. The van der Waals surface area contributed by atoms with Gasteiger partial charge >= 0.3 is 0 Å². The van der Waals surface area contributed by atoms with Gasteiger partial charge in [0.05, 0.1) is 12.0 Å². The number of piperidine rings is 1. The topological polar surface area (TPSA) is 41.6 Å². The molecule has 4 nitrogen and oxygen atoms in total. The van der Waals surface area contributed by atoms with Crippen LogP contribution in [-0.4, -0.2) is 55.3 Å². The Kier molecular flexibility index (Phi) is 6.32. The van der Waals surface area contributed by atoms with Gasteiger partial charge in [0, 0.05) is 19.1 Å². The quantitative estimate of drug-likeness (QED) is 0.760. The number of hydrogen-bond acceptors (Lipinski definition) is 5. The summed E-state index contributed by atoms with van der Waals surface area (Å²) < 4.78 is 5.23. The van der Waals surface area contributed by atoms with Gasteiger partial charge in [-0.05, 0) is 45.0 Å². The van der Waals surface area contributed by atoms with Crippen LogP contribution in [0.25, 0.3) is 0 Å². The second-order valence-corrected chi connectivity index (χ2v) is 7.87. The minimum absolute atomic E-state index is 0.220. The summed E-state index contributed by atoms with van der Waals surface area (Å²) >= 11 is 0. The summed E-state index contributed by atoms with van der Waals surface area (Å²) in [5.41, 5.74) is 0. The molecule has 2 rings (SSSR count). The van der Waals surface area contributed by atoms with Crippen LogP contribution in [0.1, 0.15) is 25.7 Å². The fraction of sp³-hybridized carbons (Fsp3) is 0.923. The van der Waals surface area contributed by atoms with E-state index >= 15 is 0 Å². The molecule has 0 aromatic rings. The highest BCUT2D eigenvalue weighted by Crippen LogP contribution is 2.26. The highest BCUT2D eigenvalue weighted by molar-refractivity contribution is 8.76. The van der Waals surface area contributed by atoms with Crippen molar-refractivity contribution >= 4 is 27.5 Å². The third-order valence-electron chi connectivity index (χ3n) is 4.09. The van der Waals surface area contributed by atoms with Gasteiger partial charge in [-0.3, -0.25) is 9.69 Å². The molecule has 1 N–H and O–H groups in total. The molecule has 0 atom stereocenters. The molecule has 0 spiro atoms. The number of carbonyl (C=O) groups is 1. The van der Waals surface area contributed by atoms with Gasteiger partial charge in [0.1, 0.15) is 0 Å². The van der Waals surface area contributed by atoms with Gasteiger partial charge in [-0.1, -0.05) is 21.6 Å². The average molecular weight is 304 g/mol. The van der Waals surface area contributed by atoms with Gasteiger partial charge < -0.3 is 10.1 Å². The number of nitrogens with one attached hydrogen (secondary N) is 1. The van der Waals surface area contributed by atoms with E-state index in [-0.39, 0.29) is 11.8 Å². The molecule has 2 fully saturated rings. The first-order chi connectivity index (χ1) is 9.22. The largest absolute Gasteiger partial charge is 0.381 e. The maximum atomic E-state index is 12.1. The molecule has 2 aliphatic rings. The average Bonchev–Trinajstić information content (AvgIpc) is 2.40. The summed E-state index contributed by atoms with van der Waals surface area (Å²) in [4.78, 5) is 14.6. The molecule has 6 heteroatoms. The fourth-order valence-electron chi connectivity index (χ4n) is 2.65. The molecule has 1 saturated carbocycles. The van der Waals surface area contributed by atoms with E-state index in [1.54, 1.807) is 7.11 Å². The molecule has 1 heterocycles. The van der Waals surface area contributed by atoms with Crippen LogP contribution in [0, 0.1) is 5.92 Å². The van der Waals surface area contributed by atoms with Crippen LogP contribution < -0.4 is 5.32 Å². The van der Waals surface area contributed by atoms with Crippen molar-refractivity contribution in [2.75, 3.05) is 32.3 Å². The number of likely N-dealkylation sites (tertiary alicyclic amines) is 1. The van der Waals surface area contributed by atoms with E-state index in [0.717, 1.165) is 44.6 Å². The lowest BCUT2D eigenvalue weighted by molar-refractivity contribution is -0.128. The van der Waals surface area contributed by atoms with Gasteiger partial charge in [0.15, 0.2) is 0 Å². The van der Waals surface area contributed by atoms with E-state index < -0.39 is 0 Å². The zero-order valence-corrected chi connectivity index (χ0v) is 13.4. The Morgan fingerprint density at radius 3 is 2.63 bits per heavy atom. The highest BCUT2D eigenvalue weighted by Gasteiger charge is 2.32. The Morgan fingerprint density at radius 2 is 2.05 bits per heavy atom. The molecule has 1 saturated heterocycles. The predicted molar refractivity (Wildman–Crippen MR) is 82.2 cm³/mol. The monoisotopic (exact) mass is 304 g/mol. The lowest BCUT2D eigenvalue weighted by Gasteiger charge is -2.37. The van der Waals surface area contributed by atoms with Crippen LogP contribution >= 0.6 is 21.6 Å². The third kappa shape index (κ3) is 4.55. The molecule has 0 aromatic carbocycles. The van der Waals surface area contributed by atoms with Gasteiger partial charge in [-0.15, -0.1) is 0 Å². The normalized spacial score (nSPS) is 28.9. The first kappa shape index (κ1) is 15.5. The maximum Gasteiger partial charge on any atom is 0.223 e. The van der Waals surface area contributed by atoms with Gasteiger partial charge in [0.2, 0.25) is 5.91 Å². The van der Waals surface area contributed by atoms with Crippen molar-refractivity contribution in [1.82, 2.24) is 10.2 Å². The van der Waals surface area contributed by atoms with E-state index in [2.05, 4.69) is 16.5 Å². The molecular formula is C13H24N2O2S2. The van der Waals surface area contributed by atoms with E-state index in [0.29, 0.717) is 12.1 Å². The van der Waals surface area contributed by atoms with E-state index in [4.69, 9.17) is 4.74 Å². The molecule has 0 radical (unpaired) electrons. The number of methoxy groups -OCH3 is 1. The minimum Gasteiger partial charge on any atom is -0.381 e. The molecule has 0 bridgehead atoms. The van der Waals surface area contributed by atoms with E-state index in [9.17, 15) is 4.79 Å². The number of ether oxygens (including phenoxy) is 1.